The Balaban J connectivity index is 1.69. The molecular formula is C16H12N2O4. The summed E-state index contributed by atoms with van der Waals surface area (Å²) in [5.74, 6) is 0.0451. The Morgan fingerprint density at radius 3 is 2.55 bits per heavy atom. The number of hydrogen-bond donors (Lipinski definition) is 1. The van der Waals surface area contributed by atoms with E-state index in [-0.39, 0.29) is 12.4 Å². The first-order valence-electron chi connectivity index (χ1n) is 6.54. The SMILES string of the molecule is O=C(O)c1occc1COc1ccc(-c2ncccn2)cc1. The smallest absolute Gasteiger partial charge is 0.372 e. The minimum atomic E-state index is -1.11. The Morgan fingerprint density at radius 1 is 1.14 bits per heavy atom. The molecule has 22 heavy (non-hydrogen) atoms. The molecule has 0 bridgehead atoms. The average molecular weight is 296 g/mol. The molecule has 0 spiro atoms. The highest BCUT2D eigenvalue weighted by Gasteiger charge is 2.14. The lowest BCUT2D eigenvalue weighted by Gasteiger charge is -2.06. The summed E-state index contributed by atoms with van der Waals surface area (Å²) in [5.41, 5.74) is 1.37. The molecule has 0 radical (unpaired) electrons. The summed E-state index contributed by atoms with van der Waals surface area (Å²) in [4.78, 5) is 19.3. The molecular weight excluding hydrogens is 284 g/mol. The van der Waals surface area contributed by atoms with Gasteiger partial charge in [-0.15, -0.1) is 0 Å². The van der Waals surface area contributed by atoms with Gasteiger partial charge in [-0.3, -0.25) is 0 Å². The van der Waals surface area contributed by atoms with Crippen LogP contribution in [0.4, 0.5) is 0 Å². The zero-order chi connectivity index (χ0) is 15.4. The lowest BCUT2D eigenvalue weighted by Crippen LogP contribution is -2.02. The molecule has 0 saturated carbocycles. The maximum Gasteiger partial charge on any atom is 0.372 e. The van der Waals surface area contributed by atoms with E-state index < -0.39 is 5.97 Å². The molecule has 0 aliphatic carbocycles. The largest absolute Gasteiger partial charge is 0.489 e. The number of ether oxygens (including phenoxy) is 1. The summed E-state index contributed by atoms with van der Waals surface area (Å²) in [5, 5.41) is 8.95. The summed E-state index contributed by atoms with van der Waals surface area (Å²) < 4.78 is 10.5. The Morgan fingerprint density at radius 2 is 1.86 bits per heavy atom. The van der Waals surface area contributed by atoms with Crippen molar-refractivity contribution in [2.45, 2.75) is 6.61 Å². The van der Waals surface area contributed by atoms with E-state index in [1.807, 2.05) is 12.1 Å². The molecule has 0 amide bonds. The highest BCUT2D eigenvalue weighted by molar-refractivity contribution is 5.86. The van der Waals surface area contributed by atoms with E-state index in [1.165, 1.54) is 6.26 Å². The summed E-state index contributed by atoms with van der Waals surface area (Å²) in [6.45, 7) is 0.124. The molecule has 0 saturated heterocycles. The fraction of sp³-hybridized carbons (Fsp3) is 0.0625. The maximum atomic E-state index is 10.9. The highest BCUT2D eigenvalue weighted by Crippen LogP contribution is 2.20. The highest BCUT2D eigenvalue weighted by atomic mass is 16.5. The molecule has 110 valence electrons. The summed E-state index contributed by atoms with van der Waals surface area (Å²) >= 11 is 0. The van der Waals surface area contributed by atoms with Gasteiger partial charge >= 0.3 is 5.97 Å². The molecule has 1 aromatic carbocycles. The molecule has 2 heterocycles. The van der Waals surface area contributed by atoms with E-state index in [2.05, 4.69) is 9.97 Å². The van der Waals surface area contributed by atoms with Crippen LogP contribution in [-0.2, 0) is 6.61 Å². The minimum absolute atomic E-state index is 0.102. The van der Waals surface area contributed by atoms with Crippen molar-refractivity contribution in [1.82, 2.24) is 9.97 Å². The lowest BCUT2D eigenvalue weighted by atomic mass is 10.2. The van der Waals surface area contributed by atoms with Crippen LogP contribution in [0.15, 0.2) is 59.5 Å². The molecule has 0 unspecified atom stereocenters. The second-order valence-corrected chi connectivity index (χ2v) is 4.47. The molecule has 0 aliphatic rings. The molecule has 1 N–H and O–H groups in total. The van der Waals surface area contributed by atoms with Crippen LogP contribution in [0.2, 0.25) is 0 Å². The number of benzene rings is 1. The first-order chi connectivity index (χ1) is 10.7. The third-order valence-electron chi connectivity index (χ3n) is 3.01. The number of nitrogens with zero attached hydrogens (tertiary/aromatic N) is 2. The number of furan rings is 1. The van der Waals surface area contributed by atoms with Crippen LogP contribution < -0.4 is 4.74 Å². The van der Waals surface area contributed by atoms with Crippen molar-refractivity contribution in [1.29, 1.82) is 0 Å². The molecule has 0 fully saturated rings. The number of carboxylic acids is 1. The van der Waals surface area contributed by atoms with Crippen LogP contribution in [0.25, 0.3) is 11.4 Å². The van der Waals surface area contributed by atoms with Gasteiger partial charge in [0.25, 0.3) is 0 Å². The van der Waals surface area contributed by atoms with Gasteiger partial charge in [-0.1, -0.05) is 0 Å². The van der Waals surface area contributed by atoms with Gasteiger partial charge in [0, 0.05) is 23.5 Å². The van der Waals surface area contributed by atoms with Crippen molar-refractivity contribution in [2.24, 2.45) is 0 Å². The topological polar surface area (TPSA) is 85.5 Å². The van der Waals surface area contributed by atoms with Crippen LogP contribution in [0.3, 0.4) is 0 Å². The minimum Gasteiger partial charge on any atom is -0.489 e. The van der Waals surface area contributed by atoms with Crippen LogP contribution in [0, 0.1) is 0 Å². The van der Waals surface area contributed by atoms with Crippen LogP contribution in [0.1, 0.15) is 16.1 Å². The monoisotopic (exact) mass is 296 g/mol. The number of aromatic carboxylic acids is 1. The van der Waals surface area contributed by atoms with Gasteiger partial charge in [-0.2, -0.15) is 0 Å². The summed E-state index contributed by atoms with van der Waals surface area (Å²) in [7, 11) is 0. The third kappa shape index (κ3) is 2.95. The second kappa shape index (κ2) is 6.09. The number of carbonyl (C=O) groups is 1. The molecule has 2 aromatic heterocycles. The van der Waals surface area contributed by atoms with E-state index in [0.29, 0.717) is 17.1 Å². The van der Waals surface area contributed by atoms with Crippen molar-refractivity contribution in [2.75, 3.05) is 0 Å². The molecule has 6 heteroatoms. The fourth-order valence-electron chi connectivity index (χ4n) is 1.95. The third-order valence-corrected chi connectivity index (χ3v) is 3.01. The van der Waals surface area contributed by atoms with Crippen molar-refractivity contribution < 1.29 is 19.1 Å². The van der Waals surface area contributed by atoms with Crippen molar-refractivity contribution in [3.63, 3.8) is 0 Å². The Hall–Kier alpha value is -3.15. The van der Waals surface area contributed by atoms with Crippen LogP contribution in [-0.4, -0.2) is 21.0 Å². The maximum absolute atomic E-state index is 10.9. The standard InChI is InChI=1S/C16H12N2O4/c19-16(20)14-12(6-9-21-14)10-22-13-4-2-11(3-5-13)15-17-7-1-8-18-15/h1-9H,10H2,(H,19,20). The van der Waals surface area contributed by atoms with Crippen LogP contribution >= 0.6 is 0 Å². The zero-order valence-corrected chi connectivity index (χ0v) is 11.5. The van der Waals surface area contributed by atoms with E-state index in [1.54, 1.807) is 36.7 Å². The van der Waals surface area contributed by atoms with Crippen molar-refractivity contribution in [3.05, 3.63) is 66.4 Å². The predicted molar refractivity (Wildman–Crippen MR) is 77.5 cm³/mol. The fourth-order valence-corrected chi connectivity index (χ4v) is 1.95. The van der Waals surface area contributed by atoms with Gasteiger partial charge in [0.05, 0.1) is 6.26 Å². The van der Waals surface area contributed by atoms with Gasteiger partial charge < -0.3 is 14.3 Å². The number of carboxylic acid groups (broad SMARTS) is 1. The Kier molecular flexibility index (Phi) is 3.82. The lowest BCUT2D eigenvalue weighted by molar-refractivity contribution is 0.0658. The molecule has 3 aromatic rings. The summed E-state index contributed by atoms with van der Waals surface area (Å²) in [6, 6.07) is 10.6. The normalized spacial score (nSPS) is 10.4. The van der Waals surface area contributed by atoms with Gasteiger partial charge in [-0.25, -0.2) is 14.8 Å². The number of aromatic nitrogens is 2. The van der Waals surface area contributed by atoms with Crippen molar-refractivity contribution in [3.8, 4) is 17.1 Å². The number of rotatable bonds is 5. The first kappa shape index (κ1) is 13.8. The molecule has 0 atom stereocenters. The van der Waals surface area contributed by atoms with E-state index in [9.17, 15) is 4.79 Å². The van der Waals surface area contributed by atoms with Gasteiger partial charge in [0.1, 0.15) is 12.4 Å². The van der Waals surface area contributed by atoms with Gasteiger partial charge in [0.15, 0.2) is 5.82 Å². The quantitative estimate of drug-likeness (QED) is 0.779. The number of hydrogen-bond acceptors (Lipinski definition) is 5. The molecule has 3 rings (SSSR count). The van der Waals surface area contributed by atoms with Gasteiger partial charge in [0.2, 0.25) is 5.76 Å². The Labute approximate surface area is 126 Å². The molecule has 6 nitrogen and oxygen atoms in total. The van der Waals surface area contributed by atoms with E-state index in [0.717, 1.165) is 5.56 Å². The van der Waals surface area contributed by atoms with E-state index in [4.69, 9.17) is 14.3 Å². The average Bonchev–Trinajstić information content (AvgIpc) is 3.03. The second-order valence-electron chi connectivity index (χ2n) is 4.47. The summed E-state index contributed by atoms with van der Waals surface area (Å²) in [6.07, 6.45) is 4.69. The molecule has 0 aliphatic heterocycles. The zero-order valence-electron chi connectivity index (χ0n) is 11.5. The Bertz CT molecular complexity index is 766. The van der Waals surface area contributed by atoms with E-state index >= 15 is 0 Å². The predicted octanol–water partition coefficient (Wildman–Crippen LogP) is 3.01. The van der Waals surface area contributed by atoms with Crippen LogP contribution in [0.5, 0.6) is 5.75 Å². The first-order valence-corrected chi connectivity index (χ1v) is 6.54. The van der Waals surface area contributed by atoms with Crippen molar-refractivity contribution >= 4 is 5.97 Å². The van der Waals surface area contributed by atoms with Gasteiger partial charge in [-0.05, 0) is 36.4 Å².